The summed E-state index contributed by atoms with van der Waals surface area (Å²) in [5, 5.41) is 9.46. The maximum atomic E-state index is 11.1. The van der Waals surface area contributed by atoms with Crippen LogP contribution in [0, 0.1) is 5.41 Å². The lowest BCUT2D eigenvalue weighted by molar-refractivity contribution is -0.115. The molecule has 66 valence electrons. The first kappa shape index (κ1) is 7.99. The molecule has 0 unspecified atom stereocenters. The molecule has 0 aromatic rings. The van der Waals surface area contributed by atoms with Gasteiger partial charge in [0.2, 0.25) is 0 Å². The molecule has 1 N–H and O–H groups in total. The first-order valence-electron chi connectivity index (χ1n) is 4.52. The summed E-state index contributed by atoms with van der Waals surface area (Å²) < 4.78 is 0. The first-order valence-corrected chi connectivity index (χ1v) is 4.52. The third-order valence-corrected chi connectivity index (χ3v) is 3.18. The molecule has 0 aliphatic heterocycles. The van der Waals surface area contributed by atoms with Crippen molar-refractivity contribution in [3.63, 3.8) is 0 Å². The Balaban J connectivity index is 2.32. The number of aliphatic hydroxyl groups excluding tert-OH is 1. The maximum absolute atomic E-state index is 11.1. The number of hydrogen-bond donors (Lipinski definition) is 1. The van der Waals surface area contributed by atoms with Crippen molar-refractivity contribution in [2.24, 2.45) is 5.41 Å². The second kappa shape index (κ2) is 2.43. The monoisotopic (exact) mass is 166 g/mol. The minimum absolute atomic E-state index is 0.132. The molecule has 1 saturated carbocycles. The first-order chi connectivity index (χ1) is 5.60. The lowest BCUT2D eigenvalue weighted by Gasteiger charge is -2.28. The molecule has 2 aliphatic carbocycles. The third-order valence-electron chi connectivity index (χ3n) is 3.18. The number of allylic oxidation sites excluding steroid dienone is 1. The van der Waals surface area contributed by atoms with Crippen LogP contribution in [0.3, 0.4) is 0 Å². The number of ketones is 1. The van der Waals surface area contributed by atoms with Gasteiger partial charge < -0.3 is 5.11 Å². The summed E-state index contributed by atoms with van der Waals surface area (Å²) in [5.41, 5.74) is 1.30. The van der Waals surface area contributed by atoms with Crippen LogP contribution in [-0.2, 0) is 4.79 Å². The van der Waals surface area contributed by atoms with Crippen LogP contribution in [0.2, 0.25) is 0 Å². The van der Waals surface area contributed by atoms with Gasteiger partial charge in [0.25, 0.3) is 0 Å². The summed E-state index contributed by atoms with van der Waals surface area (Å²) in [4.78, 5) is 11.1. The van der Waals surface area contributed by atoms with E-state index in [1.165, 1.54) is 5.57 Å². The molecule has 12 heavy (non-hydrogen) atoms. The molecule has 0 spiro atoms. The number of carbonyl (C=O) groups excluding carboxylic acids is 1. The van der Waals surface area contributed by atoms with Crippen molar-refractivity contribution < 1.29 is 9.90 Å². The van der Waals surface area contributed by atoms with E-state index in [2.05, 4.69) is 6.92 Å². The molecule has 0 heterocycles. The number of hydrogen-bond acceptors (Lipinski definition) is 2. The van der Waals surface area contributed by atoms with Gasteiger partial charge in [0.1, 0.15) is 0 Å². The lowest BCUT2D eigenvalue weighted by Crippen LogP contribution is -2.21. The van der Waals surface area contributed by atoms with Gasteiger partial charge in [0.15, 0.2) is 5.78 Å². The molecule has 2 atom stereocenters. The van der Waals surface area contributed by atoms with Crippen LogP contribution in [0.15, 0.2) is 11.6 Å². The highest BCUT2D eigenvalue weighted by atomic mass is 16.3. The van der Waals surface area contributed by atoms with Gasteiger partial charge in [-0.3, -0.25) is 4.79 Å². The van der Waals surface area contributed by atoms with E-state index in [0.717, 1.165) is 12.8 Å². The average molecular weight is 166 g/mol. The predicted molar refractivity (Wildman–Crippen MR) is 45.7 cm³/mol. The fourth-order valence-corrected chi connectivity index (χ4v) is 2.38. The molecule has 0 aromatic carbocycles. The van der Waals surface area contributed by atoms with Gasteiger partial charge in [-0.25, -0.2) is 0 Å². The molecular weight excluding hydrogens is 152 g/mol. The Morgan fingerprint density at radius 1 is 1.67 bits per heavy atom. The molecule has 0 radical (unpaired) electrons. The average Bonchev–Trinajstić information content (AvgIpc) is 2.24. The van der Waals surface area contributed by atoms with Crippen LogP contribution >= 0.6 is 0 Å². The van der Waals surface area contributed by atoms with Crippen LogP contribution < -0.4 is 0 Å². The minimum atomic E-state index is -0.216. The molecular formula is C10H14O2. The van der Waals surface area contributed by atoms with Gasteiger partial charge in [0, 0.05) is 6.42 Å². The van der Waals surface area contributed by atoms with Gasteiger partial charge in [0.05, 0.1) is 6.10 Å². The quantitative estimate of drug-likeness (QED) is 0.591. The lowest BCUT2D eigenvalue weighted by atomic mass is 9.76. The Labute approximate surface area is 72.3 Å². The zero-order chi connectivity index (χ0) is 8.77. The van der Waals surface area contributed by atoms with Crippen LogP contribution in [-0.4, -0.2) is 17.0 Å². The minimum Gasteiger partial charge on any atom is -0.393 e. The van der Waals surface area contributed by atoms with Crippen molar-refractivity contribution in [1.29, 1.82) is 0 Å². The summed E-state index contributed by atoms with van der Waals surface area (Å²) >= 11 is 0. The van der Waals surface area contributed by atoms with E-state index in [1.807, 2.05) is 0 Å². The van der Waals surface area contributed by atoms with E-state index in [-0.39, 0.29) is 17.3 Å². The normalized spacial score (nSPS) is 41.0. The Bertz CT molecular complexity index is 255. The van der Waals surface area contributed by atoms with E-state index < -0.39 is 0 Å². The molecule has 0 aromatic heterocycles. The van der Waals surface area contributed by atoms with Gasteiger partial charge >= 0.3 is 0 Å². The molecule has 2 heteroatoms. The summed E-state index contributed by atoms with van der Waals surface area (Å²) in [6, 6.07) is 0. The third kappa shape index (κ3) is 1.11. The Kier molecular flexibility index (Phi) is 1.62. The summed E-state index contributed by atoms with van der Waals surface area (Å²) in [7, 11) is 0. The molecule has 2 aliphatic rings. The standard InChI is InChI=1S/C10H14O2/c1-10-3-2-8(11)4-7(10)5-9(12)6-10/h4,9,12H,2-3,5-6H2,1H3/t9-,10+/m0/s1. The van der Waals surface area contributed by atoms with Crippen LogP contribution in [0.25, 0.3) is 0 Å². The van der Waals surface area contributed by atoms with Crippen LogP contribution in [0.1, 0.15) is 32.6 Å². The number of fused-ring (bicyclic) bond motifs is 1. The van der Waals surface area contributed by atoms with Gasteiger partial charge in [-0.05, 0) is 30.8 Å². The zero-order valence-electron chi connectivity index (χ0n) is 7.34. The Morgan fingerprint density at radius 3 is 3.17 bits per heavy atom. The second-order valence-corrected chi connectivity index (χ2v) is 4.26. The van der Waals surface area contributed by atoms with Crippen LogP contribution in [0.5, 0.6) is 0 Å². The number of aliphatic hydroxyl groups is 1. The summed E-state index contributed by atoms with van der Waals surface area (Å²) in [5.74, 6) is 0.233. The zero-order valence-corrected chi connectivity index (χ0v) is 7.34. The van der Waals surface area contributed by atoms with Crippen molar-refractivity contribution in [3.8, 4) is 0 Å². The highest BCUT2D eigenvalue weighted by Gasteiger charge is 2.40. The Morgan fingerprint density at radius 2 is 2.42 bits per heavy atom. The van der Waals surface area contributed by atoms with E-state index in [9.17, 15) is 9.90 Å². The summed E-state index contributed by atoms with van der Waals surface area (Å²) in [6.07, 6.45) is 4.67. The number of carbonyl (C=O) groups is 1. The van der Waals surface area contributed by atoms with Crippen molar-refractivity contribution in [2.75, 3.05) is 0 Å². The molecule has 0 saturated heterocycles. The summed E-state index contributed by atoms with van der Waals surface area (Å²) in [6.45, 7) is 2.15. The van der Waals surface area contributed by atoms with Crippen LogP contribution in [0.4, 0.5) is 0 Å². The Hall–Kier alpha value is -0.630. The van der Waals surface area contributed by atoms with Gasteiger partial charge in [-0.1, -0.05) is 12.5 Å². The van der Waals surface area contributed by atoms with Gasteiger partial charge in [-0.15, -0.1) is 0 Å². The topological polar surface area (TPSA) is 37.3 Å². The van der Waals surface area contributed by atoms with Crippen molar-refractivity contribution in [2.45, 2.75) is 38.7 Å². The molecule has 1 fully saturated rings. The second-order valence-electron chi connectivity index (χ2n) is 4.26. The number of rotatable bonds is 0. The molecule has 0 amide bonds. The highest BCUT2D eigenvalue weighted by Crippen LogP contribution is 2.48. The fourth-order valence-electron chi connectivity index (χ4n) is 2.38. The van der Waals surface area contributed by atoms with E-state index in [0.29, 0.717) is 12.8 Å². The fraction of sp³-hybridized carbons (Fsp3) is 0.700. The van der Waals surface area contributed by atoms with E-state index >= 15 is 0 Å². The predicted octanol–water partition coefficient (Wildman–Crippen LogP) is 1.44. The van der Waals surface area contributed by atoms with E-state index in [4.69, 9.17) is 0 Å². The largest absolute Gasteiger partial charge is 0.393 e. The van der Waals surface area contributed by atoms with E-state index in [1.54, 1.807) is 6.08 Å². The highest BCUT2D eigenvalue weighted by molar-refractivity contribution is 5.91. The smallest absolute Gasteiger partial charge is 0.155 e. The maximum Gasteiger partial charge on any atom is 0.155 e. The SMILES string of the molecule is C[C@]12CCC(=O)C=C1C[C@H](O)C2. The molecule has 2 nitrogen and oxygen atoms in total. The van der Waals surface area contributed by atoms with Crippen molar-refractivity contribution in [3.05, 3.63) is 11.6 Å². The van der Waals surface area contributed by atoms with Crippen molar-refractivity contribution in [1.82, 2.24) is 0 Å². The van der Waals surface area contributed by atoms with Crippen molar-refractivity contribution >= 4 is 5.78 Å². The molecule has 2 rings (SSSR count). The molecule has 0 bridgehead atoms. The van der Waals surface area contributed by atoms with Gasteiger partial charge in [-0.2, -0.15) is 0 Å².